The minimum atomic E-state index is -4.25. The molecular weight excluding hydrogens is 298 g/mol. The minimum absolute atomic E-state index is 0.119. The summed E-state index contributed by atoms with van der Waals surface area (Å²) >= 11 is 0. The summed E-state index contributed by atoms with van der Waals surface area (Å²) in [6.07, 6.45) is 2.60. The van der Waals surface area contributed by atoms with E-state index in [1.165, 1.54) is 0 Å². The zero-order valence-corrected chi connectivity index (χ0v) is 12.9. The molecule has 0 amide bonds. The van der Waals surface area contributed by atoms with Crippen molar-refractivity contribution in [1.82, 2.24) is 4.72 Å². The van der Waals surface area contributed by atoms with Crippen molar-refractivity contribution < 1.29 is 17.2 Å². The molecule has 4 nitrogen and oxygen atoms in total. The van der Waals surface area contributed by atoms with E-state index in [4.69, 9.17) is 5.73 Å². The molecule has 3 unspecified atom stereocenters. The van der Waals surface area contributed by atoms with Crippen LogP contribution in [0.5, 0.6) is 0 Å². The van der Waals surface area contributed by atoms with Crippen molar-refractivity contribution in [2.45, 2.75) is 44.0 Å². The van der Waals surface area contributed by atoms with Crippen LogP contribution in [0.2, 0.25) is 0 Å². The van der Waals surface area contributed by atoms with Gasteiger partial charge in [-0.3, -0.25) is 0 Å². The van der Waals surface area contributed by atoms with Crippen molar-refractivity contribution in [1.29, 1.82) is 0 Å². The van der Waals surface area contributed by atoms with E-state index in [0.29, 0.717) is 12.3 Å². The van der Waals surface area contributed by atoms with Gasteiger partial charge < -0.3 is 5.73 Å². The van der Waals surface area contributed by atoms with Gasteiger partial charge >= 0.3 is 0 Å². The molecule has 3 atom stereocenters. The lowest BCUT2D eigenvalue weighted by atomic mass is 9.78. The number of nitrogens with one attached hydrogen (secondary N) is 1. The lowest BCUT2D eigenvalue weighted by molar-refractivity contribution is 0.226. The second-order valence-electron chi connectivity index (χ2n) is 5.81. The molecule has 7 heteroatoms. The zero-order valence-electron chi connectivity index (χ0n) is 12.1. The summed E-state index contributed by atoms with van der Waals surface area (Å²) in [6.45, 7) is 4.00. The maximum absolute atomic E-state index is 13.8. The van der Waals surface area contributed by atoms with Crippen LogP contribution in [0.4, 0.5) is 14.5 Å². The van der Waals surface area contributed by atoms with Gasteiger partial charge in [-0.15, -0.1) is 0 Å². The van der Waals surface area contributed by atoms with Crippen LogP contribution < -0.4 is 10.5 Å². The summed E-state index contributed by atoms with van der Waals surface area (Å²) < 4.78 is 54.6. The molecule has 0 heterocycles. The highest BCUT2D eigenvalue weighted by Crippen LogP contribution is 2.31. The SMILES string of the molecule is CC1CCCC(NS(=O)(=O)c2c(F)cc(N)cc2F)C1C. The Labute approximate surface area is 123 Å². The van der Waals surface area contributed by atoms with Gasteiger partial charge in [-0.2, -0.15) is 0 Å². The van der Waals surface area contributed by atoms with Crippen LogP contribution in [0.15, 0.2) is 17.0 Å². The van der Waals surface area contributed by atoms with E-state index in [2.05, 4.69) is 11.6 Å². The summed E-state index contributed by atoms with van der Waals surface area (Å²) in [5.74, 6) is -1.85. The molecule has 3 N–H and O–H groups in total. The number of benzene rings is 1. The molecule has 1 saturated carbocycles. The molecule has 0 aliphatic heterocycles. The molecule has 21 heavy (non-hydrogen) atoms. The first-order valence-corrected chi connectivity index (χ1v) is 8.47. The van der Waals surface area contributed by atoms with Crippen molar-refractivity contribution in [2.75, 3.05) is 5.73 Å². The van der Waals surface area contributed by atoms with Crippen LogP contribution in [0.25, 0.3) is 0 Å². The normalized spacial score (nSPS) is 26.8. The maximum atomic E-state index is 13.8. The van der Waals surface area contributed by atoms with Gasteiger partial charge in [-0.25, -0.2) is 21.9 Å². The third-order valence-corrected chi connectivity index (χ3v) is 5.84. The molecule has 2 rings (SSSR count). The second kappa shape index (κ2) is 5.88. The largest absolute Gasteiger partial charge is 0.399 e. The van der Waals surface area contributed by atoms with Gasteiger partial charge in [0, 0.05) is 11.7 Å². The fraction of sp³-hybridized carbons (Fsp3) is 0.571. The van der Waals surface area contributed by atoms with E-state index in [1.807, 2.05) is 6.92 Å². The van der Waals surface area contributed by atoms with Crippen LogP contribution in [-0.4, -0.2) is 14.5 Å². The lowest BCUT2D eigenvalue weighted by Gasteiger charge is -2.34. The second-order valence-corrected chi connectivity index (χ2v) is 7.46. The first-order chi connectivity index (χ1) is 9.72. The quantitative estimate of drug-likeness (QED) is 0.842. The Hall–Kier alpha value is -1.21. The van der Waals surface area contributed by atoms with Crippen molar-refractivity contribution in [3.05, 3.63) is 23.8 Å². The van der Waals surface area contributed by atoms with Gasteiger partial charge in [0.05, 0.1) is 0 Å². The Morgan fingerprint density at radius 2 is 1.76 bits per heavy atom. The molecule has 1 fully saturated rings. The highest BCUT2D eigenvalue weighted by molar-refractivity contribution is 7.89. The predicted octanol–water partition coefficient (Wildman–Crippen LogP) is 2.65. The molecule has 0 spiro atoms. The first kappa shape index (κ1) is 16.2. The molecule has 118 valence electrons. The number of halogens is 2. The van der Waals surface area contributed by atoms with Crippen LogP contribution >= 0.6 is 0 Å². The molecule has 1 aliphatic carbocycles. The van der Waals surface area contributed by atoms with Gasteiger partial charge in [0.25, 0.3) is 0 Å². The summed E-state index contributed by atoms with van der Waals surface area (Å²) in [7, 11) is -4.25. The monoisotopic (exact) mass is 318 g/mol. The third kappa shape index (κ3) is 3.35. The van der Waals surface area contributed by atoms with Crippen LogP contribution in [0.3, 0.4) is 0 Å². The smallest absolute Gasteiger partial charge is 0.246 e. The highest BCUT2D eigenvalue weighted by Gasteiger charge is 2.33. The average Bonchev–Trinajstić information content (AvgIpc) is 2.33. The molecule has 0 aromatic heterocycles. The highest BCUT2D eigenvalue weighted by atomic mass is 32.2. The van der Waals surface area contributed by atoms with Crippen molar-refractivity contribution in [3.63, 3.8) is 0 Å². The fourth-order valence-electron chi connectivity index (χ4n) is 2.84. The molecule has 1 aromatic carbocycles. The molecule has 0 saturated heterocycles. The molecule has 0 bridgehead atoms. The van der Waals surface area contributed by atoms with Crippen LogP contribution in [0, 0.1) is 23.5 Å². The van der Waals surface area contributed by atoms with Crippen LogP contribution in [-0.2, 0) is 10.0 Å². The van der Waals surface area contributed by atoms with E-state index in [9.17, 15) is 17.2 Å². The molecule has 1 aromatic rings. The molecule has 1 aliphatic rings. The predicted molar refractivity (Wildman–Crippen MR) is 77.1 cm³/mol. The summed E-state index contributed by atoms with van der Waals surface area (Å²) in [5, 5.41) is 0. The topological polar surface area (TPSA) is 72.2 Å². The first-order valence-electron chi connectivity index (χ1n) is 6.99. The Morgan fingerprint density at radius 1 is 1.19 bits per heavy atom. The van der Waals surface area contributed by atoms with E-state index in [-0.39, 0.29) is 17.6 Å². The van der Waals surface area contributed by atoms with Crippen molar-refractivity contribution >= 4 is 15.7 Å². The average molecular weight is 318 g/mol. The molecule has 0 radical (unpaired) electrons. The maximum Gasteiger partial charge on any atom is 0.246 e. The number of sulfonamides is 1. The van der Waals surface area contributed by atoms with E-state index in [0.717, 1.165) is 25.0 Å². The number of nitrogen functional groups attached to an aromatic ring is 1. The third-order valence-electron chi connectivity index (χ3n) is 4.30. The van der Waals surface area contributed by atoms with Gasteiger partial charge in [0.2, 0.25) is 10.0 Å². The summed E-state index contributed by atoms with van der Waals surface area (Å²) in [5.41, 5.74) is 5.15. The minimum Gasteiger partial charge on any atom is -0.399 e. The Kier molecular flexibility index (Phi) is 4.53. The number of anilines is 1. The number of nitrogens with two attached hydrogens (primary N) is 1. The zero-order chi connectivity index (χ0) is 15.8. The summed E-state index contributed by atoms with van der Waals surface area (Å²) in [4.78, 5) is -0.956. The number of hydrogen-bond donors (Lipinski definition) is 2. The standard InChI is InChI=1S/C14H20F2N2O2S/c1-8-4-3-5-13(9(8)2)18-21(19,20)14-11(15)6-10(17)7-12(14)16/h6-9,13,18H,3-5,17H2,1-2H3. The number of hydrogen-bond acceptors (Lipinski definition) is 3. The lowest BCUT2D eigenvalue weighted by Crippen LogP contribution is -2.44. The van der Waals surface area contributed by atoms with Crippen LogP contribution in [0.1, 0.15) is 33.1 Å². The number of rotatable bonds is 3. The van der Waals surface area contributed by atoms with Gasteiger partial charge in [0.1, 0.15) is 11.6 Å². The Morgan fingerprint density at radius 3 is 2.33 bits per heavy atom. The van der Waals surface area contributed by atoms with Gasteiger partial charge in [-0.05, 0) is 30.4 Å². The Balaban J connectivity index is 2.31. The van der Waals surface area contributed by atoms with Gasteiger partial charge in [0.15, 0.2) is 4.90 Å². The fourth-order valence-corrected chi connectivity index (χ4v) is 4.32. The van der Waals surface area contributed by atoms with Crippen molar-refractivity contribution in [2.24, 2.45) is 11.8 Å². The van der Waals surface area contributed by atoms with Gasteiger partial charge in [-0.1, -0.05) is 26.7 Å². The Bertz CT molecular complexity index is 611. The molecular formula is C14H20F2N2O2S. The van der Waals surface area contributed by atoms with Crippen molar-refractivity contribution in [3.8, 4) is 0 Å². The van der Waals surface area contributed by atoms with E-state index < -0.39 is 26.6 Å². The van der Waals surface area contributed by atoms with E-state index in [1.54, 1.807) is 0 Å². The summed E-state index contributed by atoms with van der Waals surface area (Å²) in [6, 6.07) is 1.31. The van der Waals surface area contributed by atoms with E-state index >= 15 is 0 Å².